The Morgan fingerprint density at radius 1 is 1.27 bits per heavy atom. The fourth-order valence-corrected chi connectivity index (χ4v) is 5.65. The predicted molar refractivity (Wildman–Crippen MR) is 129 cm³/mol. The van der Waals surface area contributed by atoms with E-state index in [2.05, 4.69) is 15.5 Å². The lowest BCUT2D eigenvalue weighted by Crippen LogP contribution is -2.51. The molecule has 4 N–H and O–H groups in total. The molecular weight excluding hydrogens is 419 g/mol. The van der Waals surface area contributed by atoms with E-state index in [1.807, 2.05) is 19.2 Å². The van der Waals surface area contributed by atoms with Gasteiger partial charge in [-0.2, -0.15) is 0 Å². The van der Waals surface area contributed by atoms with Crippen molar-refractivity contribution in [2.45, 2.75) is 56.5 Å². The number of hydrogen-bond acceptors (Lipinski definition) is 5. The molecule has 0 saturated heterocycles. The molecule has 0 aromatic heterocycles. The van der Waals surface area contributed by atoms with Crippen LogP contribution in [0.25, 0.3) is 0 Å². The molecule has 7 heteroatoms. The van der Waals surface area contributed by atoms with Crippen molar-refractivity contribution >= 4 is 17.3 Å². The number of nitrogens with one attached hydrogen (secondary N) is 2. The van der Waals surface area contributed by atoms with Crippen molar-refractivity contribution in [2.75, 3.05) is 37.4 Å². The van der Waals surface area contributed by atoms with E-state index in [0.29, 0.717) is 24.1 Å². The maximum Gasteiger partial charge on any atom is 0.249 e. The number of ether oxygens (including phenoxy) is 1. The molecular formula is C26H33FN4O2. The average molecular weight is 453 g/mol. The number of nitrogens with two attached hydrogens (primary N) is 1. The molecule has 6 nitrogen and oxygen atoms in total. The minimum atomic E-state index is -0.409. The number of hydrogen-bond donors (Lipinski definition) is 3. The van der Waals surface area contributed by atoms with Crippen LogP contribution in [0.3, 0.4) is 0 Å². The summed E-state index contributed by atoms with van der Waals surface area (Å²) in [5, 5.41) is 6.58. The minimum absolute atomic E-state index is 0.164. The van der Waals surface area contributed by atoms with Crippen LogP contribution in [0, 0.1) is 5.82 Å². The van der Waals surface area contributed by atoms with E-state index in [1.165, 1.54) is 25.3 Å². The van der Waals surface area contributed by atoms with Gasteiger partial charge in [0.05, 0.1) is 5.69 Å². The number of halogens is 1. The van der Waals surface area contributed by atoms with Gasteiger partial charge in [0.1, 0.15) is 18.2 Å². The fraction of sp³-hybridized carbons (Fsp3) is 0.500. The van der Waals surface area contributed by atoms with Crippen LogP contribution < -0.4 is 21.1 Å². The normalized spacial score (nSPS) is 21.5. The summed E-state index contributed by atoms with van der Waals surface area (Å²) in [4.78, 5) is 14.7. The van der Waals surface area contributed by atoms with E-state index >= 15 is 0 Å². The second-order valence-electron chi connectivity index (χ2n) is 9.53. The molecule has 33 heavy (non-hydrogen) atoms. The number of primary amides is 1. The van der Waals surface area contributed by atoms with Crippen LogP contribution in [0.15, 0.2) is 30.3 Å². The summed E-state index contributed by atoms with van der Waals surface area (Å²) in [6, 6.07) is 9.50. The topological polar surface area (TPSA) is 79.6 Å². The largest absolute Gasteiger partial charge is 0.489 e. The van der Waals surface area contributed by atoms with Crippen LogP contribution in [0.1, 0.15) is 59.5 Å². The number of carbonyl (C=O) groups excluding carboxylic acids is 1. The minimum Gasteiger partial charge on any atom is -0.489 e. The molecule has 2 aromatic rings. The van der Waals surface area contributed by atoms with E-state index in [0.717, 1.165) is 60.6 Å². The van der Waals surface area contributed by atoms with Crippen LogP contribution in [0.4, 0.5) is 15.8 Å². The smallest absolute Gasteiger partial charge is 0.249 e. The Kier molecular flexibility index (Phi) is 6.15. The molecule has 2 aliphatic heterocycles. The third kappa shape index (κ3) is 4.26. The summed E-state index contributed by atoms with van der Waals surface area (Å²) in [6.45, 7) is 2.46. The summed E-state index contributed by atoms with van der Waals surface area (Å²) in [6.07, 6.45) is 6.51. The lowest BCUT2D eigenvalue weighted by atomic mass is 9.87. The summed E-state index contributed by atoms with van der Waals surface area (Å²) < 4.78 is 20.0. The molecule has 0 spiro atoms. The van der Waals surface area contributed by atoms with E-state index in [4.69, 9.17) is 10.5 Å². The molecule has 5 rings (SSSR count). The molecule has 1 amide bonds. The van der Waals surface area contributed by atoms with Crippen LogP contribution >= 0.6 is 0 Å². The van der Waals surface area contributed by atoms with Gasteiger partial charge in [-0.3, -0.25) is 9.69 Å². The Morgan fingerprint density at radius 3 is 2.85 bits per heavy atom. The summed E-state index contributed by atoms with van der Waals surface area (Å²) in [5.41, 5.74) is 10.2. The lowest BCUT2D eigenvalue weighted by Gasteiger charge is -2.44. The maximum atomic E-state index is 13.8. The number of carbonyl (C=O) groups is 1. The van der Waals surface area contributed by atoms with Gasteiger partial charge >= 0.3 is 0 Å². The molecule has 2 aromatic carbocycles. The Labute approximate surface area is 194 Å². The Balaban J connectivity index is 1.29. The molecule has 0 bridgehead atoms. The molecule has 1 fully saturated rings. The zero-order valence-electron chi connectivity index (χ0n) is 19.2. The second kappa shape index (κ2) is 9.21. The molecule has 1 aliphatic carbocycles. The predicted octanol–water partition coefficient (Wildman–Crippen LogP) is 4.11. The first kappa shape index (κ1) is 22.0. The molecule has 2 atom stereocenters. The number of nitrogens with zero attached hydrogens (tertiary/aromatic N) is 1. The van der Waals surface area contributed by atoms with Gasteiger partial charge in [0.15, 0.2) is 0 Å². The highest BCUT2D eigenvalue weighted by molar-refractivity contribution is 5.96. The first-order chi connectivity index (χ1) is 16.0. The van der Waals surface area contributed by atoms with Gasteiger partial charge in [0.2, 0.25) is 5.91 Å². The number of amides is 1. The molecule has 176 valence electrons. The third-order valence-corrected chi connectivity index (χ3v) is 7.63. The summed E-state index contributed by atoms with van der Waals surface area (Å²) >= 11 is 0. The zero-order valence-corrected chi connectivity index (χ0v) is 19.2. The number of rotatable bonds is 8. The van der Waals surface area contributed by atoms with Crippen LogP contribution in [-0.2, 0) is 6.42 Å². The average Bonchev–Trinajstić information content (AvgIpc) is 3.17. The highest BCUT2D eigenvalue weighted by Crippen LogP contribution is 2.39. The Hall–Kier alpha value is -2.80. The SMILES string of the molecule is CNc1ccc(C(N)=O)c2c1OCC(N(CCCC1CNc3ccc(F)cc31)C1CCC1)C2. The van der Waals surface area contributed by atoms with Crippen LogP contribution in [-0.4, -0.2) is 49.6 Å². The van der Waals surface area contributed by atoms with Gasteiger partial charge < -0.3 is 21.1 Å². The van der Waals surface area contributed by atoms with Crippen molar-refractivity contribution < 1.29 is 13.9 Å². The van der Waals surface area contributed by atoms with Gasteiger partial charge in [0.25, 0.3) is 0 Å². The maximum absolute atomic E-state index is 13.8. The van der Waals surface area contributed by atoms with Crippen LogP contribution in [0.2, 0.25) is 0 Å². The van der Waals surface area contributed by atoms with Crippen molar-refractivity contribution in [1.82, 2.24) is 4.90 Å². The Morgan fingerprint density at radius 2 is 2.12 bits per heavy atom. The number of fused-ring (bicyclic) bond motifs is 2. The monoisotopic (exact) mass is 452 g/mol. The number of anilines is 2. The van der Waals surface area contributed by atoms with Crippen molar-refractivity contribution in [3.63, 3.8) is 0 Å². The van der Waals surface area contributed by atoms with Crippen molar-refractivity contribution in [1.29, 1.82) is 0 Å². The number of benzene rings is 2. The van der Waals surface area contributed by atoms with Gasteiger partial charge in [-0.15, -0.1) is 0 Å². The van der Waals surface area contributed by atoms with Crippen molar-refractivity contribution in [2.24, 2.45) is 5.73 Å². The van der Waals surface area contributed by atoms with Gasteiger partial charge in [-0.05, 0) is 74.5 Å². The molecule has 2 heterocycles. The highest BCUT2D eigenvalue weighted by Gasteiger charge is 2.35. The van der Waals surface area contributed by atoms with Crippen molar-refractivity contribution in [3.05, 3.63) is 52.8 Å². The van der Waals surface area contributed by atoms with Gasteiger partial charge in [0, 0.05) is 48.4 Å². The van der Waals surface area contributed by atoms with Crippen molar-refractivity contribution in [3.8, 4) is 5.75 Å². The lowest BCUT2D eigenvalue weighted by molar-refractivity contribution is 0.0428. The summed E-state index contributed by atoms with van der Waals surface area (Å²) in [5.74, 6) is 0.534. The summed E-state index contributed by atoms with van der Waals surface area (Å²) in [7, 11) is 1.86. The highest BCUT2D eigenvalue weighted by atomic mass is 19.1. The van der Waals surface area contributed by atoms with Gasteiger partial charge in [-0.25, -0.2) is 4.39 Å². The quantitative estimate of drug-likeness (QED) is 0.562. The van der Waals surface area contributed by atoms with E-state index in [9.17, 15) is 9.18 Å². The molecule has 0 radical (unpaired) electrons. The van der Waals surface area contributed by atoms with E-state index in [-0.39, 0.29) is 11.9 Å². The van der Waals surface area contributed by atoms with E-state index in [1.54, 1.807) is 12.1 Å². The Bertz CT molecular complexity index is 1040. The second-order valence-corrected chi connectivity index (χ2v) is 9.53. The molecule has 2 unspecified atom stereocenters. The first-order valence-corrected chi connectivity index (χ1v) is 12.1. The third-order valence-electron chi connectivity index (χ3n) is 7.63. The van der Waals surface area contributed by atoms with E-state index < -0.39 is 5.91 Å². The molecule has 1 saturated carbocycles. The van der Waals surface area contributed by atoms with Crippen LogP contribution in [0.5, 0.6) is 5.75 Å². The zero-order chi connectivity index (χ0) is 22.9. The standard InChI is InChI=1S/C26H33FN4O2/c1-29-24-10-8-20(26(28)32)22-13-19(15-33-25(22)24)31(18-5-2-6-18)11-3-4-16-14-30-23-9-7-17(27)12-21(16)23/h7-10,12,16,18-19,29-30H,2-6,11,13-15H2,1H3,(H2,28,32). The van der Waals surface area contributed by atoms with Gasteiger partial charge in [-0.1, -0.05) is 6.42 Å². The molecule has 3 aliphatic rings. The fourth-order valence-electron chi connectivity index (χ4n) is 5.65. The first-order valence-electron chi connectivity index (χ1n) is 12.1.